The van der Waals surface area contributed by atoms with Crippen LogP contribution in [0.4, 0.5) is 36.4 Å². The Hall–Kier alpha value is -2.45. The molecule has 2 aromatic carbocycles. The van der Waals surface area contributed by atoms with Gasteiger partial charge in [-0.2, -0.15) is 0 Å². The number of alkyl halides is 3. The lowest BCUT2D eigenvalue weighted by molar-refractivity contribution is -0.274. The van der Waals surface area contributed by atoms with Crippen LogP contribution in [0.1, 0.15) is 0 Å². The van der Waals surface area contributed by atoms with Crippen LogP contribution in [-0.2, 0) is 0 Å². The van der Waals surface area contributed by atoms with E-state index in [1.807, 2.05) is 0 Å². The topological polar surface area (TPSA) is 35.2 Å². The molecule has 0 saturated heterocycles. The van der Waals surface area contributed by atoms with Gasteiger partial charge in [0.25, 0.3) is 0 Å². The maximum Gasteiger partial charge on any atom is 0.573 e. The molecule has 0 aliphatic heterocycles. The van der Waals surface area contributed by atoms with E-state index in [1.165, 1.54) is 0 Å². The molecule has 2 N–H and O–H groups in total. The van der Waals surface area contributed by atoms with Crippen LogP contribution < -0.4 is 10.5 Å². The highest BCUT2D eigenvalue weighted by molar-refractivity contribution is 5.68. The minimum absolute atomic E-state index is 0.387. The Morgan fingerprint density at radius 1 is 0.773 bits per heavy atom. The molecule has 0 fully saturated rings. The smallest absolute Gasteiger partial charge is 0.406 e. The van der Waals surface area contributed by atoms with Gasteiger partial charge in [0.05, 0.1) is 5.56 Å². The van der Waals surface area contributed by atoms with E-state index in [0.717, 1.165) is 24.3 Å². The van der Waals surface area contributed by atoms with Crippen molar-refractivity contribution in [3.63, 3.8) is 0 Å². The zero-order valence-electron chi connectivity index (χ0n) is 10.4. The number of hydrogen-bond acceptors (Lipinski definition) is 2. The second-order valence-electron chi connectivity index (χ2n) is 4.12. The third-order valence-corrected chi connectivity index (χ3v) is 2.67. The largest absolute Gasteiger partial charge is 0.573 e. The summed E-state index contributed by atoms with van der Waals surface area (Å²) in [5.74, 6) is -7.73. The van der Waals surface area contributed by atoms with Crippen LogP contribution in [0.15, 0.2) is 24.3 Å². The van der Waals surface area contributed by atoms with Crippen LogP contribution in [0, 0.1) is 23.3 Å². The molecule has 0 bridgehead atoms. The Morgan fingerprint density at radius 3 is 1.64 bits per heavy atom. The molecule has 0 spiro atoms. The average molecular weight is 325 g/mol. The van der Waals surface area contributed by atoms with Crippen LogP contribution in [0.5, 0.6) is 5.75 Å². The first-order valence-corrected chi connectivity index (χ1v) is 5.59. The van der Waals surface area contributed by atoms with Gasteiger partial charge in [0.1, 0.15) is 11.4 Å². The lowest BCUT2D eigenvalue weighted by atomic mass is 10.0. The summed E-state index contributed by atoms with van der Waals surface area (Å²) in [6, 6.07) is 3.12. The van der Waals surface area contributed by atoms with Crippen molar-refractivity contribution in [1.29, 1.82) is 0 Å². The fraction of sp³-hybridized carbons (Fsp3) is 0.0769. The van der Waals surface area contributed by atoms with Gasteiger partial charge in [-0.3, -0.25) is 0 Å². The van der Waals surface area contributed by atoms with Gasteiger partial charge in [0.2, 0.25) is 0 Å². The van der Waals surface area contributed by atoms with Gasteiger partial charge in [-0.25, -0.2) is 17.6 Å². The Bertz CT molecular complexity index is 681. The molecule has 118 valence electrons. The van der Waals surface area contributed by atoms with Crippen LogP contribution in [0.25, 0.3) is 11.1 Å². The predicted molar refractivity (Wildman–Crippen MR) is 62.8 cm³/mol. The van der Waals surface area contributed by atoms with E-state index in [4.69, 9.17) is 5.73 Å². The number of halogens is 7. The summed E-state index contributed by atoms with van der Waals surface area (Å²) < 4.78 is 93.6. The van der Waals surface area contributed by atoms with E-state index >= 15 is 0 Å². The fourth-order valence-electron chi connectivity index (χ4n) is 1.73. The average Bonchev–Trinajstić information content (AvgIpc) is 2.43. The molecule has 2 aromatic rings. The number of anilines is 1. The van der Waals surface area contributed by atoms with Crippen LogP contribution in [0.2, 0.25) is 0 Å². The van der Waals surface area contributed by atoms with Crippen LogP contribution in [-0.4, -0.2) is 6.36 Å². The number of nitrogens with two attached hydrogens (primary N) is 1. The molecular formula is C13H6F7NO. The van der Waals surface area contributed by atoms with Gasteiger partial charge in [-0.1, -0.05) is 12.1 Å². The minimum Gasteiger partial charge on any atom is -0.406 e. The second-order valence-corrected chi connectivity index (χ2v) is 4.12. The molecule has 0 amide bonds. The molecule has 0 unspecified atom stereocenters. The lowest BCUT2D eigenvalue weighted by Crippen LogP contribution is -2.17. The molecule has 0 aliphatic carbocycles. The van der Waals surface area contributed by atoms with Crippen LogP contribution >= 0.6 is 0 Å². The van der Waals surface area contributed by atoms with Crippen molar-refractivity contribution in [3.8, 4) is 16.9 Å². The first-order chi connectivity index (χ1) is 10.1. The third kappa shape index (κ3) is 2.92. The summed E-state index contributed by atoms with van der Waals surface area (Å²) in [7, 11) is 0. The standard InChI is InChI=1S/C13H6F7NO/c14-8-7(9(15)11(17)12(21)10(8)16)5-1-3-6(4-2-5)22-13(18,19)20/h1-4H,21H2. The van der Waals surface area contributed by atoms with Crippen molar-refractivity contribution in [2.75, 3.05) is 5.73 Å². The van der Waals surface area contributed by atoms with Crippen molar-refractivity contribution >= 4 is 5.69 Å². The molecule has 9 heteroatoms. The summed E-state index contributed by atoms with van der Waals surface area (Å²) in [5, 5.41) is 0. The van der Waals surface area contributed by atoms with Crippen molar-refractivity contribution in [1.82, 2.24) is 0 Å². The highest BCUT2D eigenvalue weighted by atomic mass is 19.4. The summed E-state index contributed by atoms with van der Waals surface area (Å²) in [6.45, 7) is 0. The van der Waals surface area contributed by atoms with Gasteiger partial charge in [0.15, 0.2) is 23.3 Å². The Balaban J connectivity index is 2.50. The highest BCUT2D eigenvalue weighted by Crippen LogP contribution is 2.34. The molecule has 0 radical (unpaired) electrons. The van der Waals surface area contributed by atoms with E-state index in [-0.39, 0.29) is 5.56 Å². The monoisotopic (exact) mass is 325 g/mol. The van der Waals surface area contributed by atoms with Gasteiger partial charge in [-0.15, -0.1) is 13.2 Å². The quantitative estimate of drug-likeness (QED) is 0.505. The zero-order chi connectivity index (χ0) is 16.7. The summed E-state index contributed by atoms with van der Waals surface area (Å²) in [6.07, 6.45) is -4.95. The molecular weight excluding hydrogens is 319 g/mol. The normalized spacial score (nSPS) is 11.6. The Labute approximate surface area is 118 Å². The molecule has 0 aliphatic rings. The third-order valence-electron chi connectivity index (χ3n) is 2.67. The minimum atomic E-state index is -4.95. The number of benzene rings is 2. The molecule has 2 nitrogen and oxygen atoms in total. The number of rotatable bonds is 2. The van der Waals surface area contributed by atoms with Crippen molar-refractivity contribution in [3.05, 3.63) is 47.5 Å². The second kappa shape index (κ2) is 5.39. The van der Waals surface area contributed by atoms with Crippen LogP contribution in [0.3, 0.4) is 0 Å². The summed E-state index contributed by atoms with van der Waals surface area (Å²) >= 11 is 0. The van der Waals surface area contributed by atoms with Gasteiger partial charge in [-0.05, 0) is 17.7 Å². The first kappa shape index (κ1) is 15.9. The lowest BCUT2D eigenvalue weighted by Gasteiger charge is -2.11. The first-order valence-electron chi connectivity index (χ1n) is 5.59. The molecule has 0 saturated carbocycles. The van der Waals surface area contributed by atoms with Crippen molar-refractivity contribution in [2.24, 2.45) is 0 Å². The summed E-state index contributed by atoms with van der Waals surface area (Å²) in [5.41, 5.74) is 2.06. The van der Waals surface area contributed by atoms with E-state index < -0.39 is 46.6 Å². The predicted octanol–water partition coefficient (Wildman–Crippen LogP) is 4.39. The Kier molecular flexibility index (Phi) is 3.90. The van der Waals surface area contributed by atoms with Crippen molar-refractivity contribution in [2.45, 2.75) is 6.36 Å². The van der Waals surface area contributed by atoms with Gasteiger partial charge < -0.3 is 10.5 Å². The van der Waals surface area contributed by atoms with E-state index in [9.17, 15) is 30.7 Å². The maximum atomic E-state index is 13.7. The van der Waals surface area contributed by atoms with E-state index in [2.05, 4.69) is 4.74 Å². The fourth-order valence-corrected chi connectivity index (χ4v) is 1.73. The van der Waals surface area contributed by atoms with E-state index in [0.29, 0.717) is 0 Å². The number of ether oxygens (including phenoxy) is 1. The Morgan fingerprint density at radius 2 is 1.23 bits per heavy atom. The zero-order valence-corrected chi connectivity index (χ0v) is 10.4. The van der Waals surface area contributed by atoms with Crippen molar-refractivity contribution < 1.29 is 35.5 Å². The molecule has 0 aromatic heterocycles. The number of hydrogen-bond donors (Lipinski definition) is 1. The molecule has 0 heterocycles. The summed E-state index contributed by atoms with van der Waals surface area (Å²) in [4.78, 5) is 0. The van der Waals surface area contributed by atoms with Gasteiger partial charge in [0, 0.05) is 0 Å². The SMILES string of the molecule is Nc1c(F)c(F)c(-c2ccc(OC(F)(F)F)cc2)c(F)c1F. The molecule has 0 atom stereocenters. The number of nitrogen functional groups attached to an aromatic ring is 1. The maximum absolute atomic E-state index is 13.7. The molecule has 22 heavy (non-hydrogen) atoms. The van der Waals surface area contributed by atoms with Gasteiger partial charge >= 0.3 is 6.36 Å². The highest BCUT2D eigenvalue weighted by Gasteiger charge is 2.31. The molecule has 2 rings (SSSR count). The van der Waals surface area contributed by atoms with E-state index in [1.54, 1.807) is 0 Å².